The fourth-order valence-electron chi connectivity index (χ4n) is 2.26. The van der Waals surface area contributed by atoms with Crippen molar-refractivity contribution in [1.82, 2.24) is 18.7 Å². The van der Waals surface area contributed by atoms with E-state index < -0.39 is 17.2 Å². The molecule has 0 aliphatic rings. The molecule has 0 aromatic carbocycles. The molecule has 0 saturated heterocycles. The second-order valence-electron chi connectivity index (χ2n) is 5.07. The van der Waals surface area contributed by atoms with E-state index in [0.29, 0.717) is 6.54 Å². The monoisotopic (exact) mass is 309 g/mol. The summed E-state index contributed by atoms with van der Waals surface area (Å²) in [6.45, 7) is 2.13. The van der Waals surface area contributed by atoms with Crippen LogP contribution in [0.5, 0.6) is 0 Å². The standard InChI is InChI=1S/C13H19N5O4/c1-4-5-6-18-10-9(11(21)17(3)13(18)22)16(2)12(15-10)14-7-8(19)20/h4-7H2,1-3H3,(H,14,15)(H,19,20). The van der Waals surface area contributed by atoms with Gasteiger partial charge in [0, 0.05) is 20.6 Å². The van der Waals surface area contributed by atoms with Crippen molar-refractivity contribution in [3.8, 4) is 0 Å². The van der Waals surface area contributed by atoms with Crippen LogP contribution >= 0.6 is 0 Å². The van der Waals surface area contributed by atoms with Gasteiger partial charge in [-0.1, -0.05) is 13.3 Å². The Labute approximate surface area is 125 Å². The summed E-state index contributed by atoms with van der Waals surface area (Å²) in [6.07, 6.45) is 1.68. The first-order chi connectivity index (χ1) is 10.4. The van der Waals surface area contributed by atoms with Gasteiger partial charge in [-0.3, -0.25) is 18.7 Å². The molecular weight excluding hydrogens is 290 g/mol. The van der Waals surface area contributed by atoms with Gasteiger partial charge < -0.3 is 15.0 Å². The maximum atomic E-state index is 12.3. The highest BCUT2D eigenvalue weighted by molar-refractivity contribution is 5.76. The summed E-state index contributed by atoms with van der Waals surface area (Å²) in [5, 5.41) is 11.4. The maximum Gasteiger partial charge on any atom is 0.332 e. The zero-order valence-electron chi connectivity index (χ0n) is 12.8. The lowest BCUT2D eigenvalue weighted by molar-refractivity contribution is -0.134. The van der Waals surface area contributed by atoms with Crippen LogP contribution in [0.25, 0.3) is 11.2 Å². The molecule has 0 unspecified atom stereocenters. The molecule has 0 aliphatic heterocycles. The van der Waals surface area contributed by atoms with Gasteiger partial charge in [-0.25, -0.2) is 4.79 Å². The number of aryl methyl sites for hydroxylation is 2. The second kappa shape index (κ2) is 6.04. The van der Waals surface area contributed by atoms with Gasteiger partial charge in [0.1, 0.15) is 6.54 Å². The quantitative estimate of drug-likeness (QED) is 0.760. The summed E-state index contributed by atoms with van der Waals surface area (Å²) in [5.41, 5.74) is -0.331. The highest BCUT2D eigenvalue weighted by Crippen LogP contribution is 2.14. The molecule has 9 heteroatoms. The molecule has 0 radical (unpaired) electrons. The molecule has 0 atom stereocenters. The number of anilines is 1. The van der Waals surface area contributed by atoms with E-state index in [1.807, 2.05) is 6.92 Å². The fraction of sp³-hybridized carbons (Fsp3) is 0.538. The second-order valence-corrected chi connectivity index (χ2v) is 5.07. The smallest absolute Gasteiger partial charge is 0.332 e. The molecule has 2 aromatic heterocycles. The maximum absolute atomic E-state index is 12.3. The molecule has 0 bridgehead atoms. The number of nitrogens with zero attached hydrogens (tertiary/aromatic N) is 4. The van der Waals surface area contributed by atoms with Gasteiger partial charge in [-0.15, -0.1) is 0 Å². The Hall–Kier alpha value is -2.58. The number of imidazole rings is 1. The highest BCUT2D eigenvalue weighted by Gasteiger charge is 2.18. The van der Waals surface area contributed by atoms with E-state index in [-0.39, 0.29) is 23.7 Å². The summed E-state index contributed by atoms with van der Waals surface area (Å²) in [6, 6.07) is 0. The van der Waals surface area contributed by atoms with Crippen molar-refractivity contribution in [3.05, 3.63) is 20.8 Å². The van der Waals surface area contributed by atoms with Crippen molar-refractivity contribution in [2.75, 3.05) is 11.9 Å². The van der Waals surface area contributed by atoms with Crippen LogP contribution in [0, 0.1) is 0 Å². The molecule has 0 saturated carbocycles. The fourth-order valence-corrected chi connectivity index (χ4v) is 2.26. The van der Waals surface area contributed by atoms with E-state index in [9.17, 15) is 14.4 Å². The largest absolute Gasteiger partial charge is 0.480 e. The molecular formula is C13H19N5O4. The van der Waals surface area contributed by atoms with Crippen molar-refractivity contribution in [1.29, 1.82) is 0 Å². The van der Waals surface area contributed by atoms with Crippen LogP contribution in [0.2, 0.25) is 0 Å². The SMILES string of the molecule is CCCCn1c(=O)n(C)c(=O)c2c1nc(NCC(=O)O)n2C. The van der Waals surface area contributed by atoms with Gasteiger partial charge in [0.25, 0.3) is 5.56 Å². The minimum absolute atomic E-state index is 0.241. The van der Waals surface area contributed by atoms with Gasteiger partial charge in [-0.05, 0) is 6.42 Å². The first kappa shape index (κ1) is 15.8. The molecule has 2 rings (SSSR count). The predicted molar refractivity (Wildman–Crippen MR) is 81.2 cm³/mol. The molecule has 0 amide bonds. The number of unbranched alkanes of at least 4 members (excludes halogenated alkanes) is 1. The molecule has 22 heavy (non-hydrogen) atoms. The predicted octanol–water partition coefficient (Wildman–Crippen LogP) is -0.270. The number of fused-ring (bicyclic) bond motifs is 1. The minimum Gasteiger partial charge on any atom is -0.480 e. The average molecular weight is 309 g/mol. The first-order valence-electron chi connectivity index (χ1n) is 7.00. The van der Waals surface area contributed by atoms with Crippen LogP contribution in [-0.2, 0) is 25.4 Å². The van der Waals surface area contributed by atoms with Gasteiger partial charge in [0.05, 0.1) is 0 Å². The van der Waals surface area contributed by atoms with Crippen molar-refractivity contribution in [3.63, 3.8) is 0 Å². The Bertz CT molecular complexity index is 830. The molecule has 9 nitrogen and oxygen atoms in total. The summed E-state index contributed by atoms with van der Waals surface area (Å²) < 4.78 is 3.97. The van der Waals surface area contributed by atoms with Crippen LogP contribution < -0.4 is 16.6 Å². The highest BCUT2D eigenvalue weighted by atomic mass is 16.4. The van der Waals surface area contributed by atoms with Crippen molar-refractivity contribution >= 4 is 23.1 Å². The van der Waals surface area contributed by atoms with E-state index in [0.717, 1.165) is 17.4 Å². The van der Waals surface area contributed by atoms with Crippen molar-refractivity contribution in [2.24, 2.45) is 14.1 Å². The first-order valence-corrected chi connectivity index (χ1v) is 7.00. The molecule has 2 N–H and O–H groups in total. The van der Waals surface area contributed by atoms with E-state index in [1.165, 1.54) is 16.2 Å². The zero-order chi connectivity index (χ0) is 16.4. The third kappa shape index (κ3) is 2.61. The topological polar surface area (TPSA) is 111 Å². The van der Waals surface area contributed by atoms with Crippen LogP contribution in [0.15, 0.2) is 9.59 Å². The van der Waals surface area contributed by atoms with Crippen LogP contribution in [0.1, 0.15) is 19.8 Å². The van der Waals surface area contributed by atoms with Crippen LogP contribution in [-0.4, -0.2) is 36.3 Å². The van der Waals surface area contributed by atoms with Gasteiger partial charge >= 0.3 is 11.7 Å². The summed E-state index contributed by atoms with van der Waals surface area (Å²) >= 11 is 0. The number of hydrogen-bond acceptors (Lipinski definition) is 5. The average Bonchev–Trinajstić information content (AvgIpc) is 2.80. The summed E-state index contributed by atoms with van der Waals surface area (Å²) in [5.74, 6) is -0.798. The lowest BCUT2D eigenvalue weighted by atomic mass is 10.3. The lowest BCUT2D eigenvalue weighted by Crippen LogP contribution is -2.38. The molecule has 0 aliphatic carbocycles. The van der Waals surface area contributed by atoms with E-state index in [1.54, 1.807) is 7.05 Å². The van der Waals surface area contributed by atoms with Gasteiger partial charge in [0.15, 0.2) is 11.2 Å². The number of hydrogen-bond donors (Lipinski definition) is 2. The molecule has 2 heterocycles. The van der Waals surface area contributed by atoms with Crippen LogP contribution in [0.4, 0.5) is 5.95 Å². The minimum atomic E-state index is -1.04. The van der Waals surface area contributed by atoms with Crippen LogP contribution in [0.3, 0.4) is 0 Å². The molecule has 0 spiro atoms. The summed E-state index contributed by atoms with van der Waals surface area (Å²) in [4.78, 5) is 39.5. The molecule has 0 fully saturated rings. The zero-order valence-corrected chi connectivity index (χ0v) is 12.8. The number of aromatic nitrogens is 4. The Morgan fingerprint density at radius 2 is 1.95 bits per heavy atom. The summed E-state index contributed by atoms with van der Waals surface area (Å²) in [7, 11) is 3.03. The third-order valence-electron chi connectivity index (χ3n) is 3.49. The van der Waals surface area contributed by atoms with E-state index in [2.05, 4.69) is 10.3 Å². The number of carboxylic acids is 1. The third-order valence-corrected chi connectivity index (χ3v) is 3.49. The lowest BCUT2D eigenvalue weighted by Gasteiger charge is -2.08. The number of rotatable bonds is 6. The van der Waals surface area contributed by atoms with Crippen molar-refractivity contribution < 1.29 is 9.90 Å². The number of carbonyl (C=O) groups is 1. The molecule has 120 valence electrons. The van der Waals surface area contributed by atoms with E-state index in [4.69, 9.17) is 5.11 Å². The number of aliphatic carboxylic acids is 1. The molecule has 2 aromatic rings. The Morgan fingerprint density at radius 3 is 2.55 bits per heavy atom. The number of carboxylic acid groups (broad SMARTS) is 1. The Morgan fingerprint density at radius 1 is 1.27 bits per heavy atom. The Balaban J connectivity index is 2.68. The Kier molecular flexibility index (Phi) is 4.34. The van der Waals surface area contributed by atoms with Gasteiger partial charge in [-0.2, -0.15) is 4.98 Å². The van der Waals surface area contributed by atoms with Gasteiger partial charge in [0.2, 0.25) is 5.95 Å². The normalized spacial score (nSPS) is 11.0. The van der Waals surface area contributed by atoms with E-state index >= 15 is 0 Å². The number of nitrogens with one attached hydrogen (secondary N) is 1. The van der Waals surface area contributed by atoms with Crippen molar-refractivity contribution in [2.45, 2.75) is 26.3 Å².